The van der Waals surface area contributed by atoms with E-state index in [4.69, 9.17) is 16.1 Å². The predicted molar refractivity (Wildman–Crippen MR) is 67.3 cm³/mol. The van der Waals surface area contributed by atoms with Gasteiger partial charge < -0.3 is 9.84 Å². The summed E-state index contributed by atoms with van der Waals surface area (Å²) in [7, 11) is 0. The van der Waals surface area contributed by atoms with Gasteiger partial charge in [0.1, 0.15) is 5.76 Å². The molecule has 0 fully saturated rings. The number of aryl methyl sites for hydroxylation is 3. The van der Waals surface area contributed by atoms with Gasteiger partial charge in [0.2, 0.25) is 0 Å². The van der Waals surface area contributed by atoms with Gasteiger partial charge in [-0.3, -0.25) is 0 Å². The van der Waals surface area contributed by atoms with Gasteiger partial charge in [-0.25, -0.2) is 4.98 Å². The minimum Gasteiger partial charge on any atom is -0.378 e. The Bertz CT molecular complexity index is 497. The molecule has 2 rings (SSSR count). The molecule has 4 nitrogen and oxygen atoms in total. The highest BCUT2D eigenvalue weighted by molar-refractivity contribution is 6.32. The number of aromatic nitrogens is 2. The molecule has 0 aromatic carbocycles. The van der Waals surface area contributed by atoms with Crippen LogP contribution in [0.4, 0.5) is 5.69 Å². The predicted octanol–water partition coefficient (Wildman–Crippen LogP) is 3.26. The normalized spacial score (nSPS) is 10.6. The SMILES string of the molecule is Cc1ccnc(Cl)c1NCc1c(C)noc1C. The average Bonchev–Trinajstić information content (AvgIpc) is 2.59. The topological polar surface area (TPSA) is 51.0 Å². The lowest BCUT2D eigenvalue weighted by molar-refractivity contribution is 0.392. The van der Waals surface area contributed by atoms with Crippen LogP contribution in [0.1, 0.15) is 22.6 Å². The van der Waals surface area contributed by atoms with Crippen molar-refractivity contribution in [2.75, 3.05) is 5.32 Å². The molecule has 0 aliphatic heterocycles. The second-order valence-electron chi connectivity index (χ2n) is 3.95. The van der Waals surface area contributed by atoms with Crippen molar-refractivity contribution < 1.29 is 4.52 Å². The van der Waals surface area contributed by atoms with Crippen LogP contribution in [0, 0.1) is 20.8 Å². The van der Waals surface area contributed by atoms with Gasteiger partial charge in [-0.2, -0.15) is 0 Å². The molecule has 17 heavy (non-hydrogen) atoms. The quantitative estimate of drug-likeness (QED) is 0.851. The Balaban J connectivity index is 2.18. The Morgan fingerprint density at radius 1 is 1.35 bits per heavy atom. The van der Waals surface area contributed by atoms with Gasteiger partial charge >= 0.3 is 0 Å². The molecule has 2 heterocycles. The number of anilines is 1. The monoisotopic (exact) mass is 251 g/mol. The Morgan fingerprint density at radius 3 is 2.71 bits per heavy atom. The lowest BCUT2D eigenvalue weighted by Gasteiger charge is -2.10. The van der Waals surface area contributed by atoms with Crippen molar-refractivity contribution in [1.29, 1.82) is 0 Å². The number of nitrogens with one attached hydrogen (secondary N) is 1. The number of nitrogens with zero attached hydrogens (tertiary/aromatic N) is 2. The summed E-state index contributed by atoms with van der Waals surface area (Å²) in [4.78, 5) is 4.05. The summed E-state index contributed by atoms with van der Waals surface area (Å²) in [5, 5.41) is 7.66. The van der Waals surface area contributed by atoms with Crippen molar-refractivity contribution in [3.8, 4) is 0 Å². The highest BCUT2D eigenvalue weighted by Gasteiger charge is 2.10. The van der Waals surface area contributed by atoms with Crippen LogP contribution in [0.25, 0.3) is 0 Å². The van der Waals surface area contributed by atoms with E-state index in [1.165, 1.54) is 0 Å². The second-order valence-corrected chi connectivity index (χ2v) is 4.31. The number of hydrogen-bond donors (Lipinski definition) is 1. The molecule has 0 aliphatic rings. The summed E-state index contributed by atoms with van der Waals surface area (Å²) in [5.41, 5.74) is 3.88. The first kappa shape index (κ1) is 11.9. The smallest absolute Gasteiger partial charge is 0.152 e. The van der Waals surface area contributed by atoms with Crippen molar-refractivity contribution in [2.24, 2.45) is 0 Å². The van der Waals surface area contributed by atoms with Crippen molar-refractivity contribution in [3.63, 3.8) is 0 Å². The van der Waals surface area contributed by atoms with E-state index < -0.39 is 0 Å². The van der Waals surface area contributed by atoms with E-state index >= 15 is 0 Å². The summed E-state index contributed by atoms with van der Waals surface area (Å²) in [6.07, 6.45) is 1.69. The maximum absolute atomic E-state index is 6.04. The van der Waals surface area contributed by atoms with E-state index in [-0.39, 0.29) is 0 Å². The Kier molecular flexibility index (Phi) is 3.33. The van der Waals surface area contributed by atoms with Crippen LogP contribution in [0.2, 0.25) is 5.15 Å². The molecule has 2 aromatic heterocycles. The zero-order valence-corrected chi connectivity index (χ0v) is 10.8. The first-order chi connectivity index (χ1) is 8.09. The van der Waals surface area contributed by atoms with Crippen LogP contribution in [-0.4, -0.2) is 10.1 Å². The maximum atomic E-state index is 6.04. The third kappa shape index (κ3) is 2.42. The zero-order valence-electron chi connectivity index (χ0n) is 10.0. The maximum Gasteiger partial charge on any atom is 0.152 e. The van der Waals surface area contributed by atoms with Gasteiger partial charge in [0.25, 0.3) is 0 Å². The molecule has 0 saturated heterocycles. The lowest BCUT2D eigenvalue weighted by Crippen LogP contribution is -2.04. The lowest BCUT2D eigenvalue weighted by atomic mass is 10.2. The Morgan fingerprint density at radius 2 is 2.12 bits per heavy atom. The van der Waals surface area contributed by atoms with Gasteiger partial charge in [0.15, 0.2) is 5.15 Å². The summed E-state index contributed by atoms with van der Waals surface area (Å²) in [6, 6.07) is 1.92. The molecule has 0 saturated carbocycles. The van der Waals surface area contributed by atoms with Gasteiger partial charge in [-0.1, -0.05) is 16.8 Å². The fraction of sp³-hybridized carbons (Fsp3) is 0.333. The molecule has 0 amide bonds. The molecule has 0 spiro atoms. The summed E-state index contributed by atoms with van der Waals surface area (Å²) in [6.45, 7) is 6.44. The first-order valence-electron chi connectivity index (χ1n) is 5.36. The molecule has 0 bridgehead atoms. The van der Waals surface area contributed by atoms with Gasteiger partial charge in [0.05, 0.1) is 11.4 Å². The third-order valence-electron chi connectivity index (χ3n) is 2.74. The van der Waals surface area contributed by atoms with E-state index in [9.17, 15) is 0 Å². The van der Waals surface area contributed by atoms with Gasteiger partial charge in [0, 0.05) is 18.3 Å². The molecule has 2 aromatic rings. The molecule has 90 valence electrons. The van der Waals surface area contributed by atoms with E-state index in [2.05, 4.69) is 15.5 Å². The number of halogens is 1. The number of rotatable bonds is 3. The fourth-order valence-electron chi connectivity index (χ4n) is 1.67. The molecular formula is C12H14ClN3O. The van der Waals surface area contributed by atoms with Crippen LogP contribution in [0.5, 0.6) is 0 Å². The van der Waals surface area contributed by atoms with E-state index in [1.54, 1.807) is 6.20 Å². The van der Waals surface area contributed by atoms with Crippen LogP contribution < -0.4 is 5.32 Å². The molecule has 0 unspecified atom stereocenters. The van der Waals surface area contributed by atoms with Crippen molar-refractivity contribution in [3.05, 3.63) is 40.0 Å². The number of pyridine rings is 1. The minimum atomic E-state index is 0.483. The van der Waals surface area contributed by atoms with Crippen LogP contribution >= 0.6 is 11.6 Å². The fourth-order valence-corrected chi connectivity index (χ4v) is 1.94. The largest absolute Gasteiger partial charge is 0.378 e. The molecule has 5 heteroatoms. The van der Waals surface area contributed by atoms with Crippen LogP contribution in [-0.2, 0) is 6.54 Å². The second kappa shape index (κ2) is 4.75. The molecule has 1 N–H and O–H groups in total. The Hall–Kier alpha value is -1.55. The van der Waals surface area contributed by atoms with E-state index in [1.807, 2.05) is 26.8 Å². The summed E-state index contributed by atoms with van der Waals surface area (Å²) < 4.78 is 5.11. The van der Waals surface area contributed by atoms with Gasteiger partial charge in [-0.05, 0) is 32.4 Å². The standard InChI is InChI=1S/C12H14ClN3O/c1-7-4-5-14-12(13)11(7)15-6-10-8(2)16-17-9(10)3/h4-5,15H,6H2,1-3H3. The highest BCUT2D eigenvalue weighted by Crippen LogP contribution is 2.24. The molecule has 0 radical (unpaired) electrons. The molecular weight excluding hydrogens is 238 g/mol. The molecule has 0 atom stereocenters. The highest BCUT2D eigenvalue weighted by atomic mass is 35.5. The number of hydrogen-bond acceptors (Lipinski definition) is 4. The van der Waals surface area contributed by atoms with Crippen molar-refractivity contribution in [1.82, 2.24) is 10.1 Å². The van der Waals surface area contributed by atoms with Crippen molar-refractivity contribution in [2.45, 2.75) is 27.3 Å². The average molecular weight is 252 g/mol. The van der Waals surface area contributed by atoms with Gasteiger partial charge in [-0.15, -0.1) is 0 Å². The van der Waals surface area contributed by atoms with Crippen LogP contribution in [0.15, 0.2) is 16.8 Å². The Labute approximate surface area is 105 Å². The first-order valence-corrected chi connectivity index (χ1v) is 5.74. The molecule has 0 aliphatic carbocycles. The summed E-state index contributed by atoms with van der Waals surface area (Å²) >= 11 is 6.04. The third-order valence-corrected chi connectivity index (χ3v) is 3.02. The van der Waals surface area contributed by atoms with Crippen LogP contribution in [0.3, 0.4) is 0 Å². The zero-order chi connectivity index (χ0) is 12.4. The van der Waals surface area contributed by atoms with E-state index in [0.717, 1.165) is 28.3 Å². The minimum absolute atomic E-state index is 0.483. The summed E-state index contributed by atoms with van der Waals surface area (Å²) in [5.74, 6) is 0.827. The van der Waals surface area contributed by atoms with E-state index in [0.29, 0.717) is 11.7 Å². The van der Waals surface area contributed by atoms with Crippen molar-refractivity contribution >= 4 is 17.3 Å².